The van der Waals surface area contributed by atoms with Crippen molar-refractivity contribution in [3.63, 3.8) is 0 Å². The predicted molar refractivity (Wildman–Crippen MR) is 77.0 cm³/mol. The number of nitrogens with one attached hydrogen (secondary N) is 1. The van der Waals surface area contributed by atoms with E-state index >= 15 is 0 Å². The lowest BCUT2D eigenvalue weighted by molar-refractivity contribution is 0.472. The minimum Gasteiger partial charge on any atom is -0.314 e. The second kappa shape index (κ2) is 6.83. The summed E-state index contributed by atoms with van der Waals surface area (Å²) in [6.45, 7) is 14.0. The number of rotatable bonds is 6. The van der Waals surface area contributed by atoms with Crippen molar-refractivity contribution in [1.29, 1.82) is 0 Å². The molecule has 0 amide bonds. The molecule has 0 aliphatic carbocycles. The van der Waals surface area contributed by atoms with Gasteiger partial charge in [0, 0.05) is 29.3 Å². The molecule has 3 heteroatoms. The summed E-state index contributed by atoms with van der Waals surface area (Å²) in [5, 5.41) is 3.54. The maximum absolute atomic E-state index is 4.71. The Labute approximate surface area is 111 Å². The Morgan fingerprint density at radius 2 is 1.83 bits per heavy atom. The van der Waals surface area contributed by atoms with E-state index in [0.717, 1.165) is 30.2 Å². The SMILES string of the molecule is CCCNC(C)C(C)c1cc(C)nc(C(C)C)n1. The molecule has 0 saturated heterocycles. The third kappa shape index (κ3) is 4.05. The Morgan fingerprint density at radius 1 is 1.17 bits per heavy atom. The van der Waals surface area contributed by atoms with E-state index in [4.69, 9.17) is 4.98 Å². The number of aryl methyl sites for hydroxylation is 1. The van der Waals surface area contributed by atoms with Crippen LogP contribution in [0.4, 0.5) is 0 Å². The van der Waals surface area contributed by atoms with E-state index in [2.05, 4.69) is 51.0 Å². The van der Waals surface area contributed by atoms with Crippen molar-refractivity contribution in [3.05, 3.63) is 23.3 Å². The van der Waals surface area contributed by atoms with Gasteiger partial charge in [-0.05, 0) is 32.9 Å². The van der Waals surface area contributed by atoms with Gasteiger partial charge in [-0.1, -0.05) is 27.7 Å². The summed E-state index contributed by atoms with van der Waals surface area (Å²) in [4.78, 5) is 9.22. The van der Waals surface area contributed by atoms with Crippen molar-refractivity contribution in [1.82, 2.24) is 15.3 Å². The number of aromatic nitrogens is 2. The average Bonchev–Trinajstić information content (AvgIpc) is 2.34. The molecule has 0 spiro atoms. The van der Waals surface area contributed by atoms with Gasteiger partial charge in [0.1, 0.15) is 5.82 Å². The Morgan fingerprint density at radius 3 is 2.39 bits per heavy atom. The summed E-state index contributed by atoms with van der Waals surface area (Å²) in [6, 6.07) is 2.56. The van der Waals surface area contributed by atoms with Crippen LogP contribution in [0, 0.1) is 6.92 Å². The van der Waals surface area contributed by atoms with Crippen LogP contribution in [0.2, 0.25) is 0 Å². The summed E-state index contributed by atoms with van der Waals surface area (Å²) in [6.07, 6.45) is 1.16. The first kappa shape index (κ1) is 15.1. The molecule has 0 aromatic carbocycles. The number of nitrogens with zero attached hydrogens (tertiary/aromatic N) is 2. The molecule has 3 nitrogen and oxygen atoms in total. The minimum absolute atomic E-state index is 0.384. The third-order valence-corrected chi connectivity index (χ3v) is 3.34. The average molecular weight is 249 g/mol. The monoisotopic (exact) mass is 249 g/mol. The first-order valence-corrected chi connectivity index (χ1v) is 7.04. The molecule has 0 fully saturated rings. The van der Waals surface area contributed by atoms with Crippen molar-refractivity contribution in [2.24, 2.45) is 0 Å². The van der Waals surface area contributed by atoms with Crippen LogP contribution in [-0.2, 0) is 0 Å². The fourth-order valence-electron chi connectivity index (χ4n) is 1.91. The van der Waals surface area contributed by atoms with E-state index in [-0.39, 0.29) is 0 Å². The van der Waals surface area contributed by atoms with Gasteiger partial charge >= 0.3 is 0 Å². The van der Waals surface area contributed by atoms with Gasteiger partial charge in [-0.15, -0.1) is 0 Å². The maximum Gasteiger partial charge on any atom is 0.131 e. The lowest BCUT2D eigenvalue weighted by Gasteiger charge is -2.21. The van der Waals surface area contributed by atoms with Gasteiger partial charge in [0.25, 0.3) is 0 Å². The molecule has 2 atom stereocenters. The van der Waals surface area contributed by atoms with E-state index in [1.807, 2.05) is 6.92 Å². The minimum atomic E-state index is 0.384. The van der Waals surface area contributed by atoms with E-state index in [1.165, 1.54) is 0 Å². The maximum atomic E-state index is 4.71. The van der Waals surface area contributed by atoms with E-state index in [0.29, 0.717) is 17.9 Å². The largest absolute Gasteiger partial charge is 0.314 e. The van der Waals surface area contributed by atoms with Gasteiger partial charge < -0.3 is 5.32 Å². The molecule has 0 saturated carbocycles. The Balaban J connectivity index is 2.87. The molecule has 1 N–H and O–H groups in total. The smallest absolute Gasteiger partial charge is 0.131 e. The van der Waals surface area contributed by atoms with Crippen LogP contribution < -0.4 is 5.32 Å². The summed E-state index contributed by atoms with van der Waals surface area (Å²) in [5.41, 5.74) is 2.22. The van der Waals surface area contributed by atoms with Crippen LogP contribution in [-0.4, -0.2) is 22.6 Å². The zero-order valence-corrected chi connectivity index (χ0v) is 12.6. The Kier molecular flexibility index (Phi) is 5.73. The topological polar surface area (TPSA) is 37.8 Å². The molecule has 2 unspecified atom stereocenters. The van der Waals surface area contributed by atoms with Crippen molar-refractivity contribution in [2.45, 2.75) is 65.8 Å². The van der Waals surface area contributed by atoms with Gasteiger partial charge in [-0.2, -0.15) is 0 Å². The molecule has 1 aromatic heterocycles. The van der Waals surface area contributed by atoms with Crippen molar-refractivity contribution < 1.29 is 0 Å². The summed E-state index contributed by atoms with van der Waals surface area (Å²) in [7, 11) is 0. The molecular weight excluding hydrogens is 222 g/mol. The highest BCUT2D eigenvalue weighted by atomic mass is 14.9. The molecular formula is C15H27N3. The van der Waals surface area contributed by atoms with E-state index in [1.54, 1.807) is 0 Å². The van der Waals surface area contributed by atoms with Crippen LogP contribution in [0.15, 0.2) is 6.07 Å². The van der Waals surface area contributed by atoms with Gasteiger partial charge in [0.05, 0.1) is 0 Å². The molecule has 18 heavy (non-hydrogen) atoms. The molecule has 1 aromatic rings. The highest BCUT2D eigenvalue weighted by Gasteiger charge is 2.17. The summed E-state index contributed by atoms with van der Waals surface area (Å²) < 4.78 is 0. The normalized spacial score (nSPS) is 14.8. The first-order valence-electron chi connectivity index (χ1n) is 7.04. The lowest BCUT2D eigenvalue weighted by atomic mass is 9.98. The molecule has 0 aliphatic heterocycles. The van der Waals surface area contributed by atoms with Gasteiger partial charge in [0.15, 0.2) is 0 Å². The van der Waals surface area contributed by atoms with Crippen molar-refractivity contribution >= 4 is 0 Å². The zero-order valence-electron chi connectivity index (χ0n) is 12.6. The molecule has 0 bridgehead atoms. The van der Waals surface area contributed by atoms with Crippen LogP contribution in [0.3, 0.4) is 0 Å². The van der Waals surface area contributed by atoms with Crippen molar-refractivity contribution in [3.8, 4) is 0 Å². The number of hydrogen-bond donors (Lipinski definition) is 1. The second-order valence-electron chi connectivity index (χ2n) is 5.48. The fraction of sp³-hybridized carbons (Fsp3) is 0.733. The van der Waals surface area contributed by atoms with E-state index < -0.39 is 0 Å². The molecule has 0 radical (unpaired) electrons. The third-order valence-electron chi connectivity index (χ3n) is 3.34. The Bertz CT molecular complexity index is 374. The molecule has 0 aliphatic rings. The van der Waals surface area contributed by atoms with Gasteiger partial charge in [0.2, 0.25) is 0 Å². The quantitative estimate of drug-likeness (QED) is 0.839. The second-order valence-corrected chi connectivity index (χ2v) is 5.48. The van der Waals surface area contributed by atoms with Crippen LogP contribution >= 0.6 is 0 Å². The Hall–Kier alpha value is -0.960. The zero-order chi connectivity index (χ0) is 13.7. The molecule has 1 heterocycles. The molecule has 102 valence electrons. The summed E-state index contributed by atoms with van der Waals surface area (Å²) in [5.74, 6) is 1.75. The first-order chi connectivity index (χ1) is 8.45. The van der Waals surface area contributed by atoms with Crippen LogP contribution in [0.5, 0.6) is 0 Å². The molecule has 1 rings (SSSR count). The number of hydrogen-bond acceptors (Lipinski definition) is 3. The highest BCUT2D eigenvalue weighted by Crippen LogP contribution is 2.20. The standard InChI is InChI=1S/C15H27N3/c1-7-8-16-13(6)12(5)14-9-11(4)17-15(18-14)10(2)3/h9-10,12-13,16H,7-8H2,1-6H3. The predicted octanol–water partition coefficient (Wildman–Crippen LogP) is 3.40. The highest BCUT2D eigenvalue weighted by molar-refractivity contribution is 5.16. The lowest BCUT2D eigenvalue weighted by Crippen LogP contribution is -2.32. The fourth-order valence-corrected chi connectivity index (χ4v) is 1.91. The van der Waals surface area contributed by atoms with E-state index in [9.17, 15) is 0 Å². The van der Waals surface area contributed by atoms with Crippen LogP contribution in [0.25, 0.3) is 0 Å². The van der Waals surface area contributed by atoms with Crippen LogP contribution in [0.1, 0.15) is 70.1 Å². The summed E-state index contributed by atoms with van der Waals surface area (Å²) >= 11 is 0. The van der Waals surface area contributed by atoms with Gasteiger partial charge in [-0.25, -0.2) is 9.97 Å². The van der Waals surface area contributed by atoms with Gasteiger partial charge in [-0.3, -0.25) is 0 Å². The van der Waals surface area contributed by atoms with Crippen molar-refractivity contribution in [2.75, 3.05) is 6.54 Å².